The second-order valence-corrected chi connectivity index (χ2v) is 6.80. The lowest BCUT2D eigenvalue weighted by Gasteiger charge is -2.16. The number of rotatable bonds is 7. The van der Waals surface area contributed by atoms with Crippen molar-refractivity contribution in [2.24, 2.45) is 0 Å². The van der Waals surface area contributed by atoms with Crippen LogP contribution < -0.4 is 9.47 Å². The molecule has 1 amide bonds. The van der Waals surface area contributed by atoms with Gasteiger partial charge in [0.2, 0.25) is 0 Å². The molecule has 1 fully saturated rings. The molecule has 0 aliphatic carbocycles. The van der Waals surface area contributed by atoms with Crippen molar-refractivity contribution in [1.29, 1.82) is 0 Å². The lowest BCUT2D eigenvalue weighted by atomic mass is 9.94. The van der Waals surface area contributed by atoms with Gasteiger partial charge in [0.15, 0.2) is 11.5 Å². The van der Waals surface area contributed by atoms with Gasteiger partial charge in [-0.05, 0) is 53.5 Å². The summed E-state index contributed by atoms with van der Waals surface area (Å²) in [7, 11) is 2.90. The standard InChI is InChI=1S/C22H21F4NO4/c1-29-19-6-5-14(12-20(19)30-2)18(4-3-7-27-8-9-31-21(27)28)15-10-16(22(24,25)26)13-17(23)11-15/h4-6,10-13H,3,7-9H2,1-2H3/b18-4-. The number of ether oxygens (including phenoxy) is 3. The average Bonchev–Trinajstić information content (AvgIpc) is 3.14. The molecule has 1 saturated heterocycles. The monoisotopic (exact) mass is 439 g/mol. The van der Waals surface area contributed by atoms with Crippen LogP contribution in [-0.2, 0) is 10.9 Å². The highest BCUT2D eigenvalue weighted by Crippen LogP contribution is 2.36. The number of benzene rings is 2. The van der Waals surface area contributed by atoms with E-state index in [0.29, 0.717) is 54.8 Å². The van der Waals surface area contributed by atoms with Crippen LogP contribution in [0.1, 0.15) is 23.1 Å². The quantitative estimate of drug-likeness (QED) is 0.561. The van der Waals surface area contributed by atoms with E-state index in [1.807, 2.05) is 0 Å². The molecule has 0 spiro atoms. The maximum absolute atomic E-state index is 14.1. The number of hydrogen-bond acceptors (Lipinski definition) is 4. The number of alkyl halides is 3. The van der Waals surface area contributed by atoms with Gasteiger partial charge in [0.1, 0.15) is 12.4 Å². The minimum absolute atomic E-state index is 0.0588. The molecule has 31 heavy (non-hydrogen) atoms. The maximum Gasteiger partial charge on any atom is 0.416 e. The largest absolute Gasteiger partial charge is 0.493 e. The van der Waals surface area contributed by atoms with Gasteiger partial charge in [0.05, 0.1) is 26.3 Å². The van der Waals surface area contributed by atoms with Crippen LogP contribution >= 0.6 is 0 Å². The van der Waals surface area contributed by atoms with Crippen molar-refractivity contribution in [1.82, 2.24) is 4.90 Å². The molecule has 2 aromatic rings. The number of halogens is 4. The third-order valence-electron chi connectivity index (χ3n) is 4.82. The van der Waals surface area contributed by atoms with E-state index in [4.69, 9.17) is 14.2 Å². The number of amides is 1. The topological polar surface area (TPSA) is 48.0 Å². The van der Waals surface area contributed by atoms with Gasteiger partial charge in [-0.15, -0.1) is 0 Å². The summed E-state index contributed by atoms with van der Waals surface area (Å²) in [5, 5.41) is 0. The van der Waals surface area contributed by atoms with E-state index in [1.54, 1.807) is 24.3 Å². The Bertz CT molecular complexity index is 988. The Labute approximate surface area is 176 Å². The van der Waals surface area contributed by atoms with E-state index in [9.17, 15) is 22.4 Å². The number of carbonyl (C=O) groups is 1. The van der Waals surface area contributed by atoms with Crippen molar-refractivity contribution < 1.29 is 36.6 Å². The van der Waals surface area contributed by atoms with Gasteiger partial charge in [-0.2, -0.15) is 13.2 Å². The molecule has 1 heterocycles. The highest BCUT2D eigenvalue weighted by atomic mass is 19.4. The normalized spacial score (nSPS) is 14.6. The first-order chi connectivity index (χ1) is 14.7. The van der Waals surface area contributed by atoms with Gasteiger partial charge in [-0.1, -0.05) is 12.1 Å². The van der Waals surface area contributed by atoms with Crippen molar-refractivity contribution in [2.75, 3.05) is 33.9 Å². The number of carbonyl (C=O) groups excluding carboxylic acids is 1. The zero-order chi connectivity index (χ0) is 22.6. The van der Waals surface area contributed by atoms with Crippen LogP contribution in [0.25, 0.3) is 5.57 Å². The summed E-state index contributed by atoms with van der Waals surface area (Å²) in [5.74, 6) is -0.179. The first-order valence-corrected chi connectivity index (χ1v) is 9.45. The third-order valence-corrected chi connectivity index (χ3v) is 4.82. The van der Waals surface area contributed by atoms with Crippen molar-refractivity contribution in [2.45, 2.75) is 12.6 Å². The van der Waals surface area contributed by atoms with Crippen molar-refractivity contribution >= 4 is 11.7 Å². The summed E-state index contributed by atoms with van der Waals surface area (Å²) in [5.41, 5.74) is -0.139. The molecular formula is C22H21F4NO4. The van der Waals surface area contributed by atoms with Crippen LogP contribution in [0.3, 0.4) is 0 Å². The number of cyclic esters (lactones) is 1. The van der Waals surface area contributed by atoms with Gasteiger partial charge >= 0.3 is 12.3 Å². The number of nitrogens with zero attached hydrogens (tertiary/aromatic N) is 1. The minimum atomic E-state index is -4.70. The molecule has 0 aromatic heterocycles. The summed E-state index contributed by atoms with van der Waals surface area (Å²) in [4.78, 5) is 13.1. The predicted molar refractivity (Wildman–Crippen MR) is 106 cm³/mol. The van der Waals surface area contributed by atoms with Crippen molar-refractivity contribution in [3.63, 3.8) is 0 Å². The fourth-order valence-electron chi connectivity index (χ4n) is 3.31. The molecule has 0 saturated carbocycles. The Hall–Kier alpha value is -3.23. The summed E-state index contributed by atoms with van der Waals surface area (Å²) in [6, 6.07) is 7.26. The molecule has 3 rings (SSSR count). The van der Waals surface area contributed by atoms with Crippen LogP contribution in [0.5, 0.6) is 11.5 Å². The second kappa shape index (κ2) is 9.28. The minimum Gasteiger partial charge on any atom is -0.493 e. The fraction of sp³-hybridized carbons (Fsp3) is 0.318. The maximum atomic E-state index is 14.1. The Kier molecular flexibility index (Phi) is 6.72. The third kappa shape index (κ3) is 5.28. The molecule has 1 aliphatic heterocycles. The molecule has 0 radical (unpaired) electrons. The zero-order valence-corrected chi connectivity index (χ0v) is 17.0. The van der Waals surface area contributed by atoms with Gasteiger partial charge in [-0.3, -0.25) is 0 Å². The van der Waals surface area contributed by atoms with Gasteiger partial charge in [-0.25, -0.2) is 9.18 Å². The van der Waals surface area contributed by atoms with E-state index in [2.05, 4.69) is 0 Å². The Morgan fingerprint density at radius 2 is 1.84 bits per heavy atom. The molecular weight excluding hydrogens is 418 g/mol. The summed E-state index contributed by atoms with van der Waals surface area (Å²) >= 11 is 0. The van der Waals surface area contributed by atoms with E-state index in [0.717, 1.165) is 12.1 Å². The van der Waals surface area contributed by atoms with Crippen LogP contribution in [0.2, 0.25) is 0 Å². The second-order valence-electron chi connectivity index (χ2n) is 6.80. The van der Waals surface area contributed by atoms with Crippen molar-refractivity contribution in [3.05, 3.63) is 65.0 Å². The van der Waals surface area contributed by atoms with E-state index >= 15 is 0 Å². The fourth-order valence-corrected chi connectivity index (χ4v) is 3.31. The van der Waals surface area contributed by atoms with Crippen LogP contribution in [0.15, 0.2) is 42.5 Å². The van der Waals surface area contributed by atoms with Gasteiger partial charge < -0.3 is 19.1 Å². The van der Waals surface area contributed by atoms with Crippen molar-refractivity contribution in [3.8, 4) is 11.5 Å². The number of hydrogen-bond donors (Lipinski definition) is 0. The first kappa shape index (κ1) is 22.5. The Balaban J connectivity index is 2.03. The lowest BCUT2D eigenvalue weighted by Crippen LogP contribution is -2.24. The van der Waals surface area contributed by atoms with Gasteiger partial charge in [0, 0.05) is 6.54 Å². The molecule has 2 aromatic carbocycles. The predicted octanol–water partition coefficient (Wildman–Crippen LogP) is 5.14. The summed E-state index contributed by atoms with van der Waals surface area (Å²) in [6.45, 7) is 1.05. The van der Waals surface area contributed by atoms with Gasteiger partial charge in [0.25, 0.3) is 0 Å². The number of methoxy groups -OCH3 is 2. The van der Waals surface area contributed by atoms with E-state index in [-0.39, 0.29) is 5.56 Å². The zero-order valence-electron chi connectivity index (χ0n) is 17.0. The van der Waals surface area contributed by atoms with Crippen LogP contribution in [0.4, 0.5) is 22.4 Å². The van der Waals surface area contributed by atoms with Crippen LogP contribution in [-0.4, -0.2) is 44.9 Å². The average molecular weight is 439 g/mol. The molecule has 1 aliphatic rings. The molecule has 9 heteroatoms. The summed E-state index contributed by atoms with van der Waals surface area (Å²) in [6.07, 6.45) is -3.14. The molecule has 0 bridgehead atoms. The smallest absolute Gasteiger partial charge is 0.416 e. The molecule has 0 unspecified atom stereocenters. The SMILES string of the molecule is COc1ccc(/C(=C/CCN2CCOC2=O)c2cc(F)cc(C(F)(F)F)c2)cc1OC. The molecule has 0 atom stereocenters. The van der Waals surface area contributed by atoms with E-state index < -0.39 is 23.7 Å². The van der Waals surface area contributed by atoms with Crippen LogP contribution in [0, 0.1) is 5.82 Å². The lowest BCUT2D eigenvalue weighted by molar-refractivity contribution is -0.137. The first-order valence-electron chi connectivity index (χ1n) is 9.45. The molecule has 0 N–H and O–H groups in total. The molecule has 166 valence electrons. The van der Waals surface area contributed by atoms with E-state index in [1.165, 1.54) is 19.1 Å². The highest BCUT2D eigenvalue weighted by molar-refractivity contribution is 5.81. The summed E-state index contributed by atoms with van der Waals surface area (Å²) < 4.78 is 69.2. The molecule has 5 nitrogen and oxygen atoms in total. The Morgan fingerprint density at radius 3 is 2.45 bits per heavy atom. The highest BCUT2D eigenvalue weighted by Gasteiger charge is 2.31. The Morgan fingerprint density at radius 1 is 1.10 bits per heavy atom.